The molecule has 15 heavy (non-hydrogen) atoms. The van der Waals surface area contributed by atoms with E-state index in [0.717, 1.165) is 21.9 Å². The van der Waals surface area contributed by atoms with Crippen LogP contribution in [0.25, 0.3) is 11.1 Å². The monoisotopic (exact) mass is 260 g/mol. The summed E-state index contributed by atoms with van der Waals surface area (Å²) in [5.41, 5.74) is 2.24. The van der Waals surface area contributed by atoms with E-state index in [0.29, 0.717) is 5.56 Å². The minimum absolute atomic E-state index is 0.594. The molecule has 1 heterocycles. The zero-order chi connectivity index (χ0) is 10.7. The molecule has 0 bridgehead atoms. The van der Waals surface area contributed by atoms with Crippen molar-refractivity contribution < 1.29 is 4.79 Å². The van der Waals surface area contributed by atoms with Crippen LogP contribution in [0, 0.1) is 6.20 Å². The summed E-state index contributed by atoms with van der Waals surface area (Å²) in [5.74, 6) is 0. The molecule has 0 aliphatic rings. The number of carbonyl (C=O) groups is 1. The first kappa shape index (κ1) is 10.1. The van der Waals surface area contributed by atoms with E-state index in [1.807, 2.05) is 24.3 Å². The summed E-state index contributed by atoms with van der Waals surface area (Å²) >= 11 is 3.43. The molecule has 1 aromatic carbocycles. The van der Waals surface area contributed by atoms with Gasteiger partial charge in [0.25, 0.3) is 0 Å². The maximum Gasteiger partial charge on any atom is 0.150 e. The number of halogens is 1. The van der Waals surface area contributed by atoms with E-state index >= 15 is 0 Å². The standard InChI is InChI=1S/C12H7BrNO/c13-12-4-2-1-3-10(12)11-7-14-6-5-9(11)8-15/h1-6,8H. The molecule has 0 unspecified atom stereocenters. The van der Waals surface area contributed by atoms with Gasteiger partial charge in [-0.15, -0.1) is 0 Å². The van der Waals surface area contributed by atoms with Crippen molar-refractivity contribution >= 4 is 22.2 Å². The Hall–Kier alpha value is -1.48. The Labute approximate surface area is 96.1 Å². The van der Waals surface area contributed by atoms with Crippen molar-refractivity contribution in [2.75, 3.05) is 0 Å². The number of carbonyl (C=O) groups excluding carboxylic acids is 1. The third kappa shape index (κ3) is 1.97. The number of hydrogen-bond acceptors (Lipinski definition) is 2. The molecule has 0 aliphatic carbocycles. The first-order chi connectivity index (χ1) is 7.33. The molecule has 2 rings (SSSR count). The number of hydrogen-bond donors (Lipinski definition) is 0. The average Bonchev–Trinajstić information content (AvgIpc) is 2.30. The second-order valence-electron chi connectivity index (χ2n) is 2.98. The van der Waals surface area contributed by atoms with Crippen molar-refractivity contribution in [1.82, 2.24) is 4.98 Å². The lowest BCUT2D eigenvalue weighted by atomic mass is 10.0. The molecular weight excluding hydrogens is 254 g/mol. The van der Waals surface area contributed by atoms with Crippen LogP contribution in [-0.2, 0) is 0 Å². The van der Waals surface area contributed by atoms with E-state index in [1.54, 1.807) is 12.3 Å². The van der Waals surface area contributed by atoms with Gasteiger partial charge in [-0.25, -0.2) is 0 Å². The van der Waals surface area contributed by atoms with Crippen LogP contribution in [0.3, 0.4) is 0 Å². The van der Waals surface area contributed by atoms with Crippen LogP contribution in [0.2, 0.25) is 0 Å². The maximum absolute atomic E-state index is 10.8. The van der Waals surface area contributed by atoms with Crippen molar-refractivity contribution in [3.63, 3.8) is 0 Å². The lowest BCUT2D eigenvalue weighted by Crippen LogP contribution is -1.89. The van der Waals surface area contributed by atoms with Gasteiger partial charge in [0.2, 0.25) is 0 Å². The summed E-state index contributed by atoms with van der Waals surface area (Å²) in [6.07, 6.45) is 5.21. The predicted molar refractivity (Wildman–Crippen MR) is 61.6 cm³/mol. The van der Waals surface area contributed by atoms with Gasteiger partial charge in [0.1, 0.15) is 0 Å². The van der Waals surface area contributed by atoms with E-state index in [1.165, 1.54) is 0 Å². The highest BCUT2D eigenvalue weighted by Crippen LogP contribution is 2.28. The number of nitrogens with zero attached hydrogens (tertiary/aromatic N) is 1. The second-order valence-corrected chi connectivity index (χ2v) is 3.84. The quantitative estimate of drug-likeness (QED) is 0.777. The first-order valence-corrected chi connectivity index (χ1v) is 5.19. The smallest absolute Gasteiger partial charge is 0.150 e. The Kier molecular flexibility index (Phi) is 2.92. The Balaban J connectivity index is 2.64. The van der Waals surface area contributed by atoms with Gasteiger partial charge < -0.3 is 0 Å². The molecule has 0 N–H and O–H groups in total. The van der Waals surface area contributed by atoms with Crippen molar-refractivity contribution in [2.24, 2.45) is 0 Å². The van der Waals surface area contributed by atoms with Gasteiger partial charge in [0, 0.05) is 21.8 Å². The fourth-order valence-electron chi connectivity index (χ4n) is 1.35. The molecule has 0 spiro atoms. The van der Waals surface area contributed by atoms with Crippen molar-refractivity contribution in [3.8, 4) is 11.1 Å². The molecule has 0 aliphatic heterocycles. The van der Waals surface area contributed by atoms with Crippen molar-refractivity contribution in [2.45, 2.75) is 0 Å². The molecule has 0 saturated heterocycles. The molecule has 3 heteroatoms. The highest BCUT2D eigenvalue weighted by molar-refractivity contribution is 9.10. The minimum Gasteiger partial charge on any atom is -0.298 e. The molecule has 0 atom stereocenters. The average molecular weight is 261 g/mol. The van der Waals surface area contributed by atoms with E-state index in [2.05, 4.69) is 27.1 Å². The van der Waals surface area contributed by atoms with Gasteiger partial charge in [-0.3, -0.25) is 9.78 Å². The second kappa shape index (κ2) is 4.36. The fourth-order valence-corrected chi connectivity index (χ4v) is 1.83. The lowest BCUT2D eigenvalue weighted by molar-refractivity contribution is 0.112. The molecule has 1 radical (unpaired) electrons. The third-order valence-corrected chi connectivity index (χ3v) is 2.76. The molecule has 0 fully saturated rings. The number of rotatable bonds is 2. The van der Waals surface area contributed by atoms with Crippen LogP contribution in [0.15, 0.2) is 41.0 Å². The van der Waals surface area contributed by atoms with Gasteiger partial charge >= 0.3 is 0 Å². The lowest BCUT2D eigenvalue weighted by Gasteiger charge is -2.05. The number of aldehydes is 1. The van der Waals surface area contributed by atoms with Gasteiger partial charge in [0.15, 0.2) is 6.29 Å². The summed E-state index contributed by atoms with van der Waals surface area (Å²) in [7, 11) is 0. The van der Waals surface area contributed by atoms with Crippen LogP contribution >= 0.6 is 15.9 Å². The summed E-state index contributed by atoms with van der Waals surface area (Å²) < 4.78 is 0.928. The van der Waals surface area contributed by atoms with E-state index in [4.69, 9.17) is 0 Å². The minimum atomic E-state index is 0.594. The molecule has 0 saturated carbocycles. The molecule has 73 valence electrons. The van der Waals surface area contributed by atoms with Gasteiger partial charge in [-0.1, -0.05) is 34.1 Å². The van der Waals surface area contributed by atoms with Gasteiger partial charge in [-0.05, 0) is 17.7 Å². The summed E-state index contributed by atoms with van der Waals surface area (Å²) in [6, 6.07) is 9.35. The van der Waals surface area contributed by atoms with Crippen LogP contribution in [0.1, 0.15) is 10.4 Å². The zero-order valence-corrected chi connectivity index (χ0v) is 9.36. The highest BCUT2D eigenvalue weighted by atomic mass is 79.9. The number of pyridine rings is 1. The van der Waals surface area contributed by atoms with Crippen molar-refractivity contribution in [3.05, 3.63) is 52.8 Å². The fraction of sp³-hybridized carbons (Fsp3) is 0. The Morgan fingerprint density at radius 1 is 1.27 bits per heavy atom. The zero-order valence-electron chi connectivity index (χ0n) is 7.77. The molecule has 2 aromatic rings. The van der Waals surface area contributed by atoms with Crippen molar-refractivity contribution in [1.29, 1.82) is 0 Å². The number of aromatic nitrogens is 1. The van der Waals surface area contributed by atoms with Gasteiger partial charge in [0.05, 0.1) is 6.20 Å². The van der Waals surface area contributed by atoms with Crippen LogP contribution in [-0.4, -0.2) is 11.3 Å². The largest absolute Gasteiger partial charge is 0.298 e. The normalized spacial score (nSPS) is 9.93. The molecule has 2 nitrogen and oxygen atoms in total. The SMILES string of the molecule is O=Cc1ccn[c]c1-c1ccccc1Br. The number of benzene rings is 1. The molecular formula is C12H7BrNO. The first-order valence-electron chi connectivity index (χ1n) is 4.39. The predicted octanol–water partition coefficient (Wildman–Crippen LogP) is 3.12. The topological polar surface area (TPSA) is 30.0 Å². The molecule has 0 amide bonds. The van der Waals surface area contributed by atoms with Crippen LogP contribution < -0.4 is 0 Å². The van der Waals surface area contributed by atoms with Gasteiger partial charge in [-0.2, -0.15) is 0 Å². The third-order valence-electron chi connectivity index (χ3n) is 2.06. The van der Waals surface area contributed by atoms with E-state index in [9.17, 15) is 4.79 Å². The summed E-state index contributed by atoms with van der Waals surface area (Å²) in [4.78, 5) is 14.8. The molecule has 1 aromatic heterocycles. The Morgan fingerprint density at radius 2 is 2.07 bits per heavy atom. The Morgan fingerprint density at radius 3 is 2.80 bits per heavy atom. The Bertz CT molecular complexity index is 496. The van der Waals surface area contributed by atoms with Crippen LogP contribution in [0.4, 0.5) is 0 Å². The van der Waals surface area contributed by atoms with E-state index in [-0.39, 0.29) is 0 Å². The van der Waals surface area contributed by atoms with E-state index < -0.39 is 0 Å². The van der Waals surface area contributed by atoms with Crippen LogP contribution in [0.5, 0.6) is 0 Å². The highest BCUT2D eigenvalue weighted by Gasteiger charge is 2.07. The maximum atomic E-state index is 10.8. The summed E-state index contributed by atoms with van der Waals surface area (Å²) in [6.45, 7) is 0. The summed E-state index contributed by atoms with van der Waals surface area (Å²) in [5, 5.41) is 0.